The molecule has 0 fully saturated rings. The second-order valence-electron chi connectivity index (χ2n) is 5.91. The van der Waals surface area contributed by atoms with Crippen molar-refractivity contribution in [1.82, 2.24) is 29.4 Å². The number of nitrogens with two attached hydrogens (primary N) is 2. The first-order valence-electron chi connectivity index (χ1n) is 8.11. The molecule has 0 bridgehead atoms. The Kier molecular flexibility index (Phi) is 4.12. The minimum absolute atomic E-state index is 0.162. The lowest BCUT2D eigenvalue weighted by molar-refractivity contribution is 0.710. The largest absolute Gasteiger partial charge is 0.381 e. The molecule has 4 heterocycles. The molecule has 134 valence electrons. The maximum Gasteiger partial charge on any atom is 0.186 e. The molecule has 0 saturated carbocycles. The van der Waals surface area contributed by atoms with Gasteiger partial charge in [-0.15, -0.1) is 0 Å². The van der Waals surface area contributed by atoms with Gasteiger partial charge in [-0.05, 0) is 23.8 Å². The Hall–Kier alpha value is -3.97. The van der Waals surface area contributed by atoms with Crippen LogP contribution < -0.4 is 16.6 Å². The van der Waals surface area contributed by atoms with Crippen molar-refractivity contribution < 1.29 is 0 Å². The molecule has 0 spiro atoms. The van der Waals surface area contributed by atoms with Crippen molar-refractivity contribution in [2.75, 3.05) is 10.7 Å². The summed E-state index contributed by atoms with van der Waals surface area (Å²) in [6.07, 6.45) is 8.50. The third kappa shape index (κ3) is 3.26. The zero-order valence-corrected chi connectivity index (χ0v) is 14.3. The number of hydrogen-bond acceptors (Lipinski definition) is 8. The molecule has 0 aliphatic rings. The van der Waals surface area contributed by atoms with Gasteiger partial charge in [-0.3, -0.25) is 9.69 Å². The summed E-state index contributed by atoms with van der Waals surface area (Å²) in [4.78, 5) is 8.72. The van der Waals surface area contributed by atoms with Crippen LogP contribution in [0.1, 0.15) is 5.56 Å². The molecule has 27 heavy (non-hydrogen) atoms. The Morgan fingerprint density at radius 1 is 1.22 bits per heavy atom. The molecule has 0 aliphatic carbocycles. The quantitative estimate of drug-likeness (QED) is 0.396. The van der Waals surface area contributed by atoms with E-state index < -0.39 is 0 Å². The van der Waals surface area contributed by atoms with Gasteiger partial charge in [-0.2, -0.15) is 15.5 Å². The minimum atomic E-state index is 0.162. The Bertz CT molecular complexity index is 1140. The van der Waals surface area contributed by atoms with E-state index in [-0.39, 0.29) is 12.4 Å². The van der Waals surface area contributed by atoms with Gasteiger partial charge in [0.05, 0.1) is 36.2 Å². The van der Waals surface area contributed by atoms with Gasteiger partial charge < -0.3 is 5.73 Å². The molecule has 4 rings (SSSR count). The number of nitriles is 1. The van der Waals surface area contributed by atoms with Crippen molar-refractivity contribution in [1.29, 1.82) is 5.26 Å². The molecule has 0 radical (unpaired) electrons. The summed E-state index contributed by atoms with van der Waals surface area (Å²) in [5.41, 5.74) is 9.24. The van der Waals surface area contributed by atoms with Gasteiger partial charge in [0.25, 0.3) is 0 Å². The SMILES string of the molecule is N#CCn1cc(-c2cnc(N)c(N(N)Cc3ccn4nccc4c3)n2)cn1. The first-order chi connectivity index (χ1) is 13.1. The molecule has 4 aromatic rings. The summed E-state index contributed by atoms with van der Waals surface area (Å²) in [7, 11) is 0. The molecule has 0 saturated heterocycles. The van der Waals surface area contributed by atoms with E-state index in [1.165, 1.54) is 9.69 Å². The number of nitrogens with zero attached hydrogens (tertiary/aromatic N) is 8. The van der Waals surface area contributed by atoms with Crippen LogP contribution in [0.2, 0.25) is 0 Å². The van der Waals surface area contributed by atoms with E-state index in [0.717, 1.165) is 16.6 Å². The summed E-state index contributed by atoms with van der Waals surface area (Å²) >= 11 is 0. The molecule has 10 heteroatoms. The Labute approximate surface area is 154 Å². The molecular weight excluding hydrogens is 344 g/mol. The molecule has 0 unspecified atom stereocenters. The average molecular weight is 360 g/mol. The maximum atomic E-state index is 8.76. The molecular formula is C17H16N10. The molecule has 0 aromatic carbocycles. The maximum absolute atomic E-state index is 8.76. The van der Waals surface area contributed by atoms with E-state index >= 15 is 0 Å². The number of hydrogen-bond donors (Lipinski definition) is 2. The van der Waals surface area contributed by atoms with E-state index in [2.05, 4.69) is 20.2 Å². The van der Waals surface area contributed by atoms with Gasteiger partial charge in [0.15, 0.2) is 11.6 Å². The highest BCUT2D eigenvalue weighted by Crippen LogP contribution is 2.23. The first-order valence-corrected chi connectivity index (χ1v) is 8.11. The van der Waals surface area contributed by atoms with Gasteiger partial charge in [0, 0.05) is 24.2 Å². The lowest BCUT2D eigenvalue weighted by Crippen LogP contribution is -2.32. The zero-order valence-electron chi connectivity index (χ0n) is 14.3. The highest BCUT2D eigenvalue weighted by molar-refractivity contribution is 5.65. The van der Waals surface area contributed by atoms with E-state index in [0.29, 0.717) is 18.1 Å². The summed E-state index contributed by atoms with van der Waals surface area (Å²) in [5.74, 6) is 6.81. The van der Waals surface area contributed by atoms with Crippen LogP contribution in [0.3, 0.4) is 0 Å². The number of pyridine rings is 1. The van der Waals surface area contributed by atoms with E-state index in [4.69, 9.17) is 16.8 Å². The Balaban J connectivity index is 1.60. The lowest BCUT2D eigenvalue weighted by atomic mass is 10.2. The lowest BCUT2D eigenvalue weighted by Gasteiger charge is -2.19. The minimum Gasteiger partial charge on any atom is -0.381 e. The highest BCUT2D eigenvalue weighted by atomic mass is 15.4. The molecule has 10 nitrogen and oxygen atoms in total. The van der Waals surface area contributed by atoms with Crippen LogP contribution in [-0.4, -0.2) is 29.4 Å². The summed E-state index contributed by atoms with van der Waals surface area (Å²) < 4.78 is 3.30. The molecule has 0 atom stereocenters. The highest BCUT2D eigenvalue weighted by Gasteiger charge is 2.13. The van der Waals surface area contributed by atoms with E-state index in [1.807, 2.05) is 30.5 Å². The third-order valence-corrected chi connectivity index (χ3v) is 4.03. The van der Waals surface area contributed by atoms with Gasteiger partial charge in [0.1, 0.15) is 6.54 Å². The zero-order chi connectivity index (χ0) is 18.8. The summed E-state index contributed by atoms with van der Waals surface area (Å²) in [5, 5.41) is 18.5. The number of nitrogen functional groups attached to an aromatic ring is 1. The van der Waals surface area contributed by atoms with Crippen LogP contribution in [0.25, 0.3) is 16.8 Å². The van der Waals surface area contributed by atoms with Crippen molar-refractivity contribution in [3.8, 4) is 17.3 Å². The molecule has 0 amide bonds. The monoisotopic (exact) mass is 360 g/mol. The fourth-order valence-corrected chi connectivity index (χ4v) is 2.73. The van der Waals surface area contributed by atoms with Crippen molar-refractivity contribution in [3.05, 3.63) is 54.7 Å². The van der Waals surface area contributed by atoms with Crippen LogP contribution >= 0.6 is 0 Å². The number of fused-ring (bicyclic) bond motifs is 1. The van der Waals surface area contributed by atoms with Crippen molar-refractivity contribution in [2.45, 2.75) is 13.1 Å². The normalized spacial score (nSPS) is 10.8. The molecule has 0 aliphatic heterocycles. The average Bonchev–Trinajstić information content (AvgIpc) is 3.31. The summed E-state index contributed by atoms with van der Waals surface area (Å²) in [6.45, 7) is 0.563. The Morgan fingerprint density at radius 3 is 2.96 bits per heavy atom. The summed E-state index contributed by atoms with van der Waals surface area (Å²) in [6, 6.07) is 7.87. The third-order valence-electron chi connectivity index (χ3n) is 4.03. The smallest absolute Gasteiger partial charge is 0.186 e. The van der Waals surface area contributed by atoms with Crippen LogP contribution in [0.5, 0.6) is 0 Å². The van der Waals surface area contributed by atoms with Crippen LogP contribution in [-0.2, 0) is 13.1 Å². The van der Waals surface area contributed by atoms with Crippen LogP contribution in [0.15, 0.2) is 49.2 Å². The fourth-order valence-electron chi connectivity index (χ4n) is 2.73. The second kappa shape index (κ2) is 6.74. The fraction of sp³-hybridized carbons (Fsp3) is 0.118. The van der Waals surface area contributed by atoms with Gasteiger partial charge in [-0.1, -0.05) is 0 Å². The van der Waals surface area contributed by atoms with Crippen LogP contribution in [0.4, 0.5) is 11.6 Å². The first kappa shape index (κ1) is 16.5. The predicted octanol–water partition coefficient (Wildman–Crippen LogP) is 0.974. The van der Waals surface area contributed by atoms with E-state index in [9.17, 15) is 0 Å². The predicted molar refractivity (Wildman–Crippen MR) is 98.8 cm³/mol. The number of anilines is 2. The van der Waals surface area contributed by atoms with Gasteiger partial charge >= 0.3 is 0 Å². The Morgan fingerprint density at radius 2 is 2.11 bits per heavy atom. The van der Waals surface area contributed by atoms with Crippen molar-refractivity contribution in [2.24, 2.45) is 5.84 Å². The van der Waals surface area contributed by atoms with Gasteiger partial charge in [-0.25, -0.2) is 20.3 Å². The van der Waals surface area contributed by atoms with Crippen LogP contribution in [0, 0.1) is 11.3 Å². The van der Waals surface area contributed by atoms with Gasteiger partial charge in [0.2, 0.25) is 0 Å². The topological polar surface area (TPSA) is 140 Å². The number of aromatic nitrogens is 6. The molecule has 4 aromatic heterocycles. The molecule has 4 N–H and O–H groups in total. The number of rotatable bonds is 5. The number of hydrazine groups is 1. The van der Waals surface area contributed by atoms with Crippen molar-refractivity contribution >= 4 is 17.2 Å². The standard InChI is InChI=1S/C17H16N10/c18-3-6-25-11-13(8-23-25)15-9-21-16(19)17(24-15)26(20)10-12-2-5-27-14(7-12)1-4-22-27/h1-2,4-5,7-9,11H,6,10,20H2,(H2,19,21). The van der Waals surface area contributed by atoms with E-state index in [1.54, 1.807) is 29.3 Å². The van der Waals surface area contributed by atoms with Crippen molar-refractivity contribution in [3.63, 3.8) is 0 Å². The second-order valence-corrected chi connectivity index (χ2v) is 5.91.